The Hall–Kier alpha value is -1.53. The number of hydrogen-bond donors (Lipinski definition) is 1. The monoisotopic (exact) mass is 250 g/mol. The average Bonchev–Trinajstić information content (AvgIpc) is 2.79. The van der Waals surface area contributed by atoms with Gasteiger partial charge in [-0.3, -0.25) is 4.98 Å². The van der Waals surface area contributed by atoms with Gasteiger partial charge in [0.2, 0.25) is 5.13 Å². The first-order chi connectivity index (χ1) is 8.31. The largest absolute Gasteiger partial charge is 0.383 e. The number of nitrogens with zero attached hydrogens (tertiary/aromatic N) is 3. The first-order valence-electron chi connectivity index (χ1n) is 5.29. The van der Waals surface area contributed by atoms with Gasteiger partial charge in [-0.25, -0.2) is 0 Å². The number of ether oxygens (including phenoxy) is 1. The van der Waals surface area contributed by atoms with Crippen LogP contribution in [-0.2, 0) is 4.74 Å². The van der Waals surface area contributed by atoms with E-state index in [0.29, 0.717) is 6.61 Å². The van der Waals surface area contributed by atoms with Crippen LogP contribution in [0.4, 0.5) is 5.13 Å². The predicted octanol–water partition coefficient (Wildman–Crippen LogP) is 1.97. The lowest BCUT2D eigenvalue weighted by atomic mass is 10.2. The van der Waals surface area contributed by atoms with Crippen molar-refractivity contribution in [3.8, 4) is 10.6 Å². The molecule has 2 rings (SSSR count). The summed E-state index contributed by atoms with van der Waals surface area (Å²) < 4.78 is 4.96. The summed E-state index contributed by atoms with van der Waals surface area (Å²) in [7, 11) is 1.67. The highest BCUT2D eigenvalue weighted by Gasteiger charge is 2.08. The van der Waals surface area contributed by atoms with Gasteiger partial charge in [-0.05, 0) is 19.1 Å². The zero-order valence-corrected chi connectivity index (χ0v) is 10.6. The lowest BCUT2D eigenvalue weighted by Crippen LogP contribution is -2.06. The van der Waals surface area contributed by atoms with Gasteiger partial charge in [-0.1, -0.05) is 11.3 Å². The van der Waals surface area contributed by atoms with Crippen LogP contribution in [0.25, 0.3) is 10.6 Å². The molecule has 0 atom stereocenters. The third-order valence-electron chi connectivity index (χ3n) is 2.24. The molecule has 0 spiro atoms. The Morgan fingerprint density at radius 2 is 2.29 bits per heavy atom. The summed E-state index contributed by atoms with van der Waals surface area (Å²) in [5, 5.41) is 13.1. The molecule has 2 aromatic heterocycles. The van der Waals surface area contributed by atoms with E-state index in [2.05, 4.69) is 20.5 Å². The fourth-order valence-electron chi connectivity index (χ4n) is 1.37. The minimum atomic E-state index is 0.654. The van der Waals surface area contributed by atoms with Crippen LogP contribution in [0.5, 0.6) is 0 Å². The molecule has 0 aliphatic carbocycles. The van der Waals surface area contributed by atoms with Gasteiger partial charge in [0.1, 0.15) is 0 Å². The minimum absolute atomic E-state index is 0.654. The van der Waals surface area contributed by atoms with E-state index >= 15 is 0 Å². The summed E-state index contributed by atoms with van der Waals surface area (Å²) in [5.74, 6) is 0. The molecular weight excluding hydrogens is 236 g/mol. The van der Waals surface area contributed by atoms with Gasteiger partial charge in [-0.15, -0.1) is 10.2 Å². The van der Waals surface area contributed by atoms with E-state index in [-0.39, 0.29) is 0 Å². The van der Waals surface area contributed by atoms with Gasteiger partial charge < -0.3 is 10.1 Å². The number of pyridine rings is 1. The lowest BCUT2D eigenvalue weighted by molar-refractivity contribution is 0.211. The SMILES string of the molecule is COCCNc1nnc(-c2cccnc2C)s1. The number of methoxy groups -OCH3 is 1. The quantitative estimate of drug-likeness (QED) is 0.822. The highest BCUT2D eigenvalue weighted by atomic mass is 32.1. The van der Waals surface area contributed by atoms with Crippen molar-refractivity contribution in [1.29, 1.82) is 0 Å². The summed E-state index contributed by atoms with van der Waals surface area (Å²) in [5.41, 5.74) is 2.00. The molecule has 2 aromatic rings. The molecule has 0 saturated heterocycles. The van der Waals surface area contributed by atoms with Crippen molar-refractivity contribution >= 4 is 16.5 Å². The summed E-state index contributed by atoms with van der Waals surface area (Å²) in [6, 6.07) is 3.91. The van der Waals surface area contributed by atoms with Crippen LogP contribution in [0.2, 0.25) is 0 Å². The highest BCUT2D eigenvalue weighted by molar-refractivity contribution is 7.18. The maximum atomic E-state index is 4.96. The molecule has 0 saturated carbocycles. The fourth-order valence-corrected chi connectivity index (χ4v) is 2.22. The van der Waals surface area contributed by atoms with Crippen molar-refractivity contribution in [2.75, 3.05) is 25.6 Å². The van der Waals surface area contributed by atoms with Crippen LogP contribution in [-0.4, -0.2) is 35.4 Å². The molecule has 0 fully saturated rings. The Bertz CT molecular complexity index is 486. The Kier molecular flexibility index (Phi) is 4.00. The lowest BCUT2D eigenvalue weighted by Gasteiger charge is -1.99. The van der Waals surface area contributed by atoms with Crippen LogP contribution >= 0.6 is 11.3 Å². The van der Waals surface area contributed by atoms with E-state index in [0.717, 1.165) is 27.9 Å². The summed E-state index contributed by atoms with van der Waals surface area (Å²) in [4.78, 5) is 4.24. The second-order valence-corrected chi connectivity index (χ2v) is 4.45. The van der Waals surface area contributed by atoms with Crippen molar-refractivity contribution in [1.82, 2.24) is 15.2 Å². The van der Waals surface area contributed by atoms with Crippen molar-refractivity contribution in [3.05, 3.63) is 24.0 Å². The van der Waals surface area contributed by atoms with Gasteiger partial charge in [0.25, 0.3) is 0 Å². The molecule has 2 heterocycles. The summed E-state index contributed by atoms with van der Waals surface area (Å²) in [6.45, 7) is 3.35. The molecule has 0 amide bonds. The maximum absolute atomic E-state index is 4.96. The standard InChI is InChI=1S/C11H14N4OS/c1-8-9(4-3-5-12-8)10-14-15-11(17-10)13-6-7-16-2/h3-5H,6-7H2,1-2H3,(H,13,15). The number of rotatable bonds is 5. The van der Waals surface area contributed by atoms with Crippen molar-refractivity contribution < 1.29 is 4.74 Å². The van der Waals surface area contributed by atoms with E-state index in [1.807, 2.05) is 19.1 Å². The third kappa shape index (κ3) is 2.98. The van der Waals surface area contributed by atoms with Crippen LogP contribution in [0.1, 0.15) is 5.69 Å². The van der Waals surface area contributed by atoms with Crippen LogP contribution in [0.15, 0.2) is 18.3 Å². The molecule has 0 aliphatic rings. The number of nitrogens with one attached hydrogen (secondary N) is 1. The molecule has 6 heteroatoms. The Balaban J connectivity index is 2.10. The van der Waals surface area contributed by atoms with E-state index in [9.17, 15) is 0 Å². The van der Waals surface area contributed by atoms with Gasteiger partial charge in [0.15, 0.2) is 5.01 Å². The number of anilines is 1. The number of aromatic nitrogens is 3. The molecule has 0 bridgehead atoms. The third-order valence-corrected chi connectivity index (χ3v) is 3.16. The van der Waals surface area contributed by atoms with Crippen LogP contribution in [0, 0.1) is 6.92 Å². The molecule has 0 aromatic carbocycles. The van der Waals surface area contributed by atoms with Gasteiger partial charge in [0, 0.05) is 31.1 Å². The Morgan fingerprint density at radius 3 is 3.06 bits per heavy atom. The number of hydrogen-bond acceptors (Lipinski definition) is 6. The van der Waals surface area contributed by atoms with Gasteiger partial charge in [0.05, 0.1) is 6.61 Å². The van der Waals surface area contributed by atoms with Gasteiger partial charge >= 0.3 is 0 Å². The molecule has 1 N–H and O–H groups in total. The molecule has 0 unspecified atom stereocenters. The average molecular weight is 250 g/mol. The molecular formula is C11H14N4OS. The molecule has 0 radical (unpaired) electrons. The second kappa shape index (κ2) is 5.70. The summed E-state index contributed by atoms with van der Waals surface area (Å²) in [6.07, 6.45) is 1.78. The minimum Gasteiger partial charge on any atom is -0.383 e. The van der Waals surface area contributed by atoms with Crippen molar-refractivity contribution in [3.63, 3.8) is 0 Å². The fraction of sp³-hybridized carbons (Fsp3) is 0.364. The molecule has 90 valence electrons. The molecule has 5 nitrogen and oxygen atoms in total. The second-order valence-electron chi connectivity index (χ2n) is 3.47. The van der Waals surface area contributed by atoms with E-state index in [1.165, 1.54) is 11.3 Å². The zero-order chi connectivity index (χ0) is 12.1. The van der Waals surface area contributed by atoms with E-state index in [4.69, 9.17) is 4.74 Å². The topological polar surface area (TPSA) is 59.9 Å². The maximum Gasteiger partial charge on any atom is 0.206 e. The van der Waals surface area contributed by atoms with Crippen LogP contribution < -0.4 is 5.32 Å². The molecule has 0 aliphatic heterocycles. The van der Waals surface area contributed by atoms with Crippen LogP contribution in [0.3, 0.4) is 0 Å². The predicted molar refractivity (Wildman–Crippen MR) is 68.2 cm³/mol. The van der Waals surface area contributed by atoms with Crippen molar-refractivity contribution in [2.45, 2.75) is 6.92 Å². The Morgan fingerprint density at radius 1 is 1.41 bits per heavy atom. The normalized spacial score (nSPS) is 10.5. The first-order valence-corrected chi connectivity index (χ1v) is 6.11. The highest BCUT2D eigenvalue weighted by Crippen LogP contribution is 2.27. The Labute approximate surface area is 104 Å². The molecule has 17 heavy (non-hydrogen) atoms. The zero-order valence-electron chi connectivity index (χ0n) is 9.80. The van der Waals surface area contributed by atoms with E-state index in [1.54, 1.807) is 13.3 Å². The number of aryl methyl sites for hydroxylation is 1. The van der Waals surface area contributed by atoms with Gasteiger partial charge in [-0.2, -0.15) is 0 Å². The summed E-state index contributed by atoms with van der Waals surface area (Å²) >= 11 is 1.52. The first kappa shape index (κ1) is 11.9. The van der Waals surface area contributed by atoms with Crippen molar-refractivity contribution in [2.24, 2.45) is 0 Å². The van der Waals surface area contributed by atoms with E-state index < -0.39 is 0 Å². The smallest absolute Gasteiger partial charge is 0.206 e.